The molecule has 0 radical (unpaired) electrons. The lowest BCUT2D eigenvalue weighted by Crippen LogP contribution is -2.41. The Hall–Kier alpha value is -1.26. The summed E-state index contributed by atoms with van der Waals surface area (Å²) < 4.78 is 0. The number of carbonyl (C=O) groups excluding carboxylic acids is 1. The molecule has 0 bridgehead atoms. The van der Waals surface area contributed by atoms with Crippen molar-refractivity contribution in [3.05, 3.63) is 0 Å². The van der Waals surface area contributed by atoms with Gasteiger partial charge in [-0.15, -0.1) is 0 Å². The summed E-state index contributed by atoms with van der Waals surface area (Å²) in [6, 6.07) is 0. The number of nitrogens with two attached hydrogens (primary N) is 1. The van der Waals surface area contributed by atoms with E-state index in [1.54, 1.807) is 11.9 Å². The van der Waals surface area contributed by atoms with Gasteiger partial charge < -0.3 is 15.8 Å². The maximum atomic E-state index is 12.4. The van der Waals surface area contributed by atoms with Crippen molar-refractivity contribution in [1.82, 2.24) is 4.90 Å². The Morgan fingerprint density at radius 3 is 2.67 bits per heavy atom. The van der Waals surface area contributed by atoms with Crippen LogP contribution in [0.4, 0.5) is 0 Å². The van der Waals surface area contributed by atoms with E-state index in [-0.39, 0.29) is 29.0 Å². The van der Waals surface area contributed by atoms with Crippen LogP contribution in [0.5, 0.6) is 0 Å². The van der Waals surface area contributed by atoms with Crippen molar-refractivity contribution < 1.29 is 10.0 Å². The van der Waals surface area contributed by atoms with Crippen LogP contribution in [0.3, 0.4) is 0 Å². The zero-order valence-corrected chi connectivity index (χ0v) is 11.8. The fourth-order valence-corrected chi connectivity index (χ4v) is 2.74. The van der Waals surface area contributed by atoms with E-state index in [9.17, 15) is 4.79 Å². The molecule has 104 valence electrons. The number of amidine groups is 1. The van der Waals surface area contributed by atoms with Gasteiger partial charge in [0.25, 0.3) is 0 Å². The van der Waals surface area contributed by atoms with Gasteiger partial charge in [0, 0.05) is 25.4 Å². The minimum Gasteiger partial charge on any atom is -0.409 e. The van der Waals surface area contributed by atoms with Gasteiger partial charge in [-0.05, 0) is 18.3 Å². The molecule has 1 amide bonds. The fraction of sp³-hybridized carbons (Fsp3) is 0.846. The first-order valence-corrected chi connectivity index (χ1v) is 6.52. The quantitative estimate of drug-likeness (QED) is 0.347. The Morgan fingerprint density at radius 1 is 1.61 bits per heavy atom. The number of carbonyl (C=O) groups is 1. The van der Waals surface area contributed by atoms with Gasteiger partial charge in [-0.2, -0.15) is 0 Å². The fourth-order valence-electron chi connectivity index (χ4n) is 2.74. The Bertz CT molecular complexity index is 339. The smallest absolute Gasteiger partial charge is 0.225 e. The van der Waals surface area contributed by atoms with E-state index in [1.807, 2.05) is 6.92 Å². The normalized spacial score (nSPS) is 24.9. The van der Waals surface area contributed by atoms with Gasteiger partial charge in [0.2, 0.25) is 5.91 Å². The van der Waals surface area contributed by atoms with Crippen molar-refractivity contribution in [3.8, 4) is 0 Å². The second kappa shape index (κ2) is 5.59. The third-order valence-electron chi connectivity index (χ3n) is 4.10. The van der Waals surface area contributed by atoms with E-state index >= 15 is 0 Å². The number of hydrogen-bond donors (Lipinski definition) is 2. The van der Waals surface area contributed by atoms with E-state index < -0.39 is 0 Å². The molecule has 2 unspecified atom stereocenters. The van der Waals surface area contributed by atoms with Crippen molar-refractivity contribution in [1.29, 1.82) is 0 Å². The Morgan fingerprint density at radius 2 is 2.22 bits per heavy atom. The standard InChI is InChI=1S/C13H25N3O2/c1-9(11(14)15-18)8-16(4)12(17)10-6-5-7-13(10,2)3/h9-10,18H,5-8H2,1-4H3,(H2,14,15). The van der Waals surface area contributed by atoms with Crippen LogP contribution in [0, 0.1) is 17.3 Å². The predicted octanol–water partition coefficient (Wildman–Crippen LogP) is 1.65. The van der Waals surface area contributed by atoms with Crippen molar-refractivity contribution in [2.75, 3.05) is 13.6 Å². The molecule has 0 spiro atoms. The van der Waals surface area contributed by atoms with E-state index in [2.05, 4.69) is 19.0 Å². The number of oxime groups is 1. The molecule has 1 aliphatic carbocycles. The van der Waals surface area contributed by atoms with Crippen LogP contribution in [0.2, 0.25) is 0 Å². The van der Waals surface area contributed by atoms with Gasteiger partial charge >= 0.3 is 0 Å². The Labute approximate surface area is 109 Å². The molecule has 1 aliphatic rings. The first-order chi connectivity index (χ1) is 8.29. The number of rotatable bonds is 4. The van der Waals surface area contributed by atoms with E-state index in [0.717, 1.165) is 19.3 Å². The monoisotopic (exact) mass is 255 g/mol. The van der Waals surface area contributed by atoms with Gasteiger partial charge in [-0.25, -0.2) is 0 Å². The minimum atomic E-state index is -0.131. The third kappa shape index (κ3) is 3.15. The highest BCUT2D eigenvalue weighted by Crippen LogP contribution is 2.43. The molecular weight excluding hydrogens is 230 g/mol. The highest BCUT2D eigenvalue weighted by molar-refractivity contribution is 5.84. The van der Waals surface area contributed by atoms with Crippen molar-refractivity contribution in [2.45, 2.75) is 40.0 Å². The molecule has 0 aromatic heterocycles. The van der Waals surface area contributed by atoms with Crippen molar-refractivity contribution in [3.63, 3.8) is 0 Å². The Kier molecular flexibility index (Phi) is 4.59. The minimum absolute atomic E-state index is 0.0885. The van der Waals surface area contributed by atoms with Crippen LogP contribution in [0.15, 0.2) is 5.16 Å². The third-order valence-corrected chi connectivity index (χ3v) is 4.10. The molecule has 5 heteroatoms. The highest BCUT2D eigenvalue weighted by Gasteiger charge is 2.40. The molecular formula is C13H25N3O2. The maximum Gasteiger partial charge on any atom is 0.225 e. The summed E-state index contributed by atoms with van der Waals surface area (Å²) in [6.45, 7) is 6.65. The van der Waals surface area contributed by atoms with Crippen molar-refractivity contribution >= 4 is 11.7 Å². The van der Waals surface area contributed by atoms with Crippen LogP contribution in [0.1, 0.15) is 40.0 Å². The lowest BCUT2D eigenvalue weighted by atomic mass is 9.81. The van der Waals surface area contributed by atoms with Gasteiger partial charge in [-0.1, -0.05) is 32.3 Å². The van der Waals surface area contributed by atoms with Gasteiger partial charge in [0.05, 0.1) is 0 Å². The molecule has 0 saturated heterocycles. The van der Waals surface area contributed by atoms with Gasteiger partial charge in [0.1, 0.15) is 5.84 Å². The molecule has 1 rings (SSSR count). The summed E-state index contributed by atoms with van der Waals surface area (Å²) in [5.74, 6) is 0.311. The number of hydrogen-bond acceptors (Lipinski definition) is 3. The largest absolute Gasteiger partial charge is 0.409 e. The average Bonchev–Trinajstić information content (AvgIpc) is 2.66. The first kappa shape index (κ1) is 14.8. The molecule has 1 fully saturated rings. The molecule has 5 nitrogen and oxygen atoms in total. The van der Waals surface area contributed by atoms with E-state index in [4.69, 9.17) is 10.9 Å². The molecule has 0 aromatic carbocycles. The summed E-state index contributed by atoms with van der Waals surface area (Å²) in [5, 5.41) is 11.6. The summed E-state index contributed by atoms with van der Waals surface area (Å²) in [7, 11) is 1.79. The molecule has 0 aliphatic heterocycles. The van der Waals surface area contributed by atoms with E-state index in [0.29, 0.717) is 6.54 Å². The predicted molar refractivity (Wildman–Crippen MR) is 71.3 cm³/mol. The summed E-state index contributed by atoms with van der Waals surface area (Å²) in [6.07, 6.45) is 3.19. The second-order valence-corrected chi connectivity index (χ2v) is 6.08. The van der Waals surface area contributed by atoms with Crippen LogP contribution in [-0.4, -0.2) is 35.4 Å². The molecule has 1 saturated carbocycles. The highest BCUT2D eigenvalue weighted by atomic mass is 16.4. The van der Waals surface area contributed by atoms with Crippen LogP contribution in [-0.2, 0) is 4.79 Å². The van der Waals surface area contributed by atoms with Crippen LogP contribution < -0.4 is 5.73 Å². The van der Waals surface area contributed by atoms with Crippen LogP contribution in [0.25, 0.3) is 0 Å². The maximum absolute atomic E-state index is 12.4. The SMILES string of the molecule is CC(CN(C)C(=O)C1CCCC1(C)C)C(N)=NO. The topological polar surface area (TPSA) is 78.9 Å². The molecule has 3 N–H and O–H groups in total. The Balaban J connectivity index is 2.62. The zero-order chi connectivity index (χ0) is 13.9. The van der Waals surface area contributed by atoms with Crippen molar-refractivity contribution in [2.24, 2.45) is 28.1 Å². The number of amides is 1. The second-order valence-electron chi connectivity index (χ2n) is 6.08. The van der Waals surface area contributed by atoms with E-state index in [1.165, 1.54) is 0 Å². The van der Waals surface area contributed by atoms with Crippen LogP contribution >= 0.6 is 0 Å². The van der Waals surface area contributed by atoms with Gasteiger partial charge in [-0.3, -0.25) is 4.79 Å². The number of nitrogens with zero attached hydrogens (tertiary/aromatic N) is 2. The summed E-state index contributed by atoms with van der Waals surface area (Å²) >= 11 is 0. The first-order valence-electron chi connectivity index (χ1n) is 6.52. The summed E-state index contributed by atoms with van der Waals surface area (Å²) in [5.41, 5.74) is 5.62. The lowest BCUT2D eigenvalue weighted by Gasteiger charge is -2.31. The zero-order valence-electron chi connectivity index (χ0n) is 11.8. The average molecular weight is 255 g/mol. The molecule has 2 atom stereocenters. The molecule has 0 aromatic rings. The molecule has 18 heavy (non-hydrogen) atoms. The lowest BCUT2D eigenvalue weighted by molar-refractivity contribution is -0.137. The summed E-state index contributed by atoms with van der Waals surface area (Å²) in [4.78, 5) is 14.1. The molecule has 0 heterocycles. The van der Waals surface area contributed by atoms with Gasteiger partial charge in [0.15, 0.2) is 0 Å².